The fraction of sp³-hybridized carbons (Fsp3) is 0.474. The van der Waals surface area contributed by atoms with Gasteiger partial charge < -0.3 is 10.1 Å². The molecule has 12 heteroatoms. The molecule has 0 aliphatic heterocycles. The van der Waals surface area contributed by atoms with Crippen molar-refractivity contribution in [1.82, 2.24) is 9.78 Å². The normalized spacial score (nSPS) is 13.9. The van der Waals surface area contributed by atoms with Crippen LogP contribution in [0.5, 0.6) is 0 Å². The van der Waals surface area contributed by atoms with Gasteiger partial charge in [0.25, 0.3) is 0 Å². The van der Waals surface area contributed by atoms with Gasteiger partial charge in [-0.1, -0.05) is 11.6 Å². The third-order valence-corrected chi connectivity index (χ3v) is 6.34. The highest BCUT2D eigenvalue weighted by molar-refractivity contribution is 7.18. The lowest BCUT2D eigenvalue weighted by Gasteiger charge is -2.09. The van der Waals surface area contributed by atoms with Gasteiger partial charge in [0.05, 0.1) is 27.8 Å². The number of nitrogens with one attached hydrogen (secondary N) is 1. The van der Waals surface area contributed by atoms with Gasteiger partial charge in [0.2, 0.25) is 5.91 Å². The SMILES string of the molecule is CCOC(=O)c1c(NC(=O)Cn2nc(C(F)(F)F)c(Cl)c2C2CC2)sc(C(C)=O)c1C. The van der Waals surface area contributed by atoms with E-state index in [4.69, 9.17) is 16.3 Å². The number of rotatable bonds is 7. The van der Waals surface area contributed by atoms with E-state index in [2.05, 4.69) is 10.4 Å². The van der Waals surface area contributed by atoms with Crippen molar-refractivity contribution in [1.29, 1.82) is 0 Å². The average molecular weight is 478 g/mol. The molecule has 1 N–H and O–H groups in total. The van der Waals surface area contributed by atoms with Crippen molar-refractivity contribution in [3.63, 3.8) is 0 Å². The number of esters is 1. The zero-order valence-electron chi connectivity index (χ0n) is 16.9. The second-order valence-electron chi connectivity index (χ2n) is 7.06. The number of nitrogens with zero attached hydrogens (tertiary/aromatic N) is 2. The van der Waals surface area contributed by atoms with Crippen LogP contribution in [0.4, 0.5) is 18.2 Å². The maximum atomic E-state index is 13.2. The molecular formula is C19H19ClF3N3O4S. The topological polar surface area (TPSA) is 90.3 Å². The number of hydrogen-bond acceptors (Lipinski definition) is 6. The van der Waals surface area contributed by atoms with Gasteiger partial charge >= 0.3 is 12.1 Å². The minimum absolute atomic E-state index is 0.0438. The summed E-state index contributed by atoms with van der Waals surface area (Å²) < 4.78 is 45.6. The van der Waals surface area contributed by atoms with Crippen molar-refractivity contribution in [3.05, 3.63) is 32.4 Å². The van der Waals surface area contributed by atoms with Gasteiger partial charge in [-0.2, -0.15) is 18.3 Å². The van der Waals surface area contributed by atoms with Crippen molar-refractivity contribution in [2.75, 3.05) is 11.9 Å². The highest BCUT2D eigenvalue weighted by Crippen LogP contribution is 2.47. The van der Waals surface area contributed by atoms with E-state index in [-0.39, 0.29) is 39.4 Å². The molecule has 31 heavy (non-hydrogen) atoms. The summed E-state index contributed by atoms with van der Waals surface area (Å²) in [5.41, 5.74) is -0.655. The number of amides is 1. The van der Waals surface area contributed by atoms with Crippen LogP contribution in [0.3, 0.4) is 0 Å². The van der Waals surface area contributed by atoms with Crippen LogP contribution in [0.2, 0.25) is 5.02 Å². The van der Waals surface area contributed by atoms with E-state index in [1.54, 1.807) is 13.8 Å². The van der Waals surface area contributed by atoms with Gasteiger partial charge in [-0.25, -0.2) is 4.79 Å². The molecule has 0 saturated heterocycles. The Bertz CT molecular complexity index is 1060. The summed E-state index contributed by atoms with van der Waals surface area (Å²) in [5.74, 6) is -1.90. The summed E-state index contributed by atoms with van der Waals surface area (Å²) in [5, 5.41) is 5.62. The fourth-order valence-electron chi connectivity index (χ4n) is 3.19. The molecule has 2 heterocycles. The molecule has 3 rings (SSSR count). The molecule has 1 aliphatic carbocycles. The zero-order valence-corrected chi connectivity index (χ0v) is 18.4. The molecule has 168 valence electrons. The second-order valence-corrected chi connectivity index (χ2v) is 8.46. The van der Waals surface area contributed by atoms with Gasteiger partial charge in [-0.15, -0.1) is 11.3 Å². The van der Waals surface area contributed by atoms with Gasteiger partial charge in [0.1, 0.15) is 11.5 Å². The van der Waals surface area contributed by atoms with E-state index in [1.165, 1.54) is 6.92 Å². The van der Waals surface area contributed by atoms with Crippen molar-refractivity contribution in [2.45, 2.75) is 52.3 Å². The van der Waals surface area contributed by atoms with Crippen molar-refractivity contribution < 1.29 is 32.3 Å². The smallest absolute Gasteiger partial charge is 0.436 e. The Balaban J connectivity index is 1.91. The van der Waals surface area contributed by atoms with Crippen LogP contribution in [-0.4, -0.2) is 34.0 Å². The Morgan fingerprint density at radius 1 is 1.32 bits per heavy atom. The summed E-state index contributed by atoms with van der Waals surface area (Å²) >= 11 is 6.83. The Morgan fingerprint density at radius 2 is 1.97 bits per heavy atom. The number of alkyl halides is 3. The van der Waals surface area contributed by atoms with Crippen LogP contribution >= 0.6 is 22.9 Å². The summed E-state index contributed by atoms with van der Waals surface area (Å²) in [4.78, 5) is 37.1. The first-order valence-corrected chi connectivity index (χ1v) is 10.6. The number of carbonyl (C=O) groups is 3. The molecule has 1 saturated carbocycles. The van der Waals surface area contributed by atoms with E-state index in [1.807, 2.05) is 0 Å². The molecule has 7 nitrogen and oxygen atoms in total. The molecule has 0 spiro atoms. The molecule has 1 aliphatic rings. The van der Waals surface area contributed by atoms with Gasteiger partial charge in [0, 0.05) is 5.92 Å². The molecular weight excluding hydrogens is 459 g/mol. The van der Waals surface area contributed by atoms with E-state index in [9.17, 15) is 27.6 Å². The number of halogens is 4. The highest BCUT2D eigenvalue weighted by atomic mass is 35.5. The standard InChI is InChI=1S/C19H19ClF3N3O4S/c1-4-30-18(29)12-8(2)15(9(3)27)31-17(12)24-11(28)7-26-14(10-5-6-10)13(20)16(25-26)19(21,22)23/h10H,4-7H2,1-3H3,(H,24,28). The Labute approximate surface area is 184 Å². The molecule has 1 fully saturated rings. The second kappa shape index (κ2) is 8.62. The van der Waals surface area contributed by atoms with Crippen LogP contribution in [0.25, 0.3) is 0 Å². The van der Waals surface area contributed by atoms with Crippen LogP contribution < -0.4 is 5.32 Å². The number of aromatic nitrogens is 2. The van der Waals surface area contributed by atoms with E-state index in [0.29, 0.717) is 18.4 Å². The van der Waals surface area contributed by atoms with Gasteiger partial charge in [-0.3, -0.25) is 14.3 Å². The first kappa shape index (κ1) is 23.3. The Kier molecular flexibility index (Phi) is 6.47. The minimum Gasteiger partial charge on any atom is -0.462 e. The number of Topliss-reactive ketones (excluding diaryl/α,β-unsaturated/α-hetero) is 1. The fourth-order valence-corrected chi connectivity index (χ4v) is 4.69. The third-order valence-electron chi connectivity index (χ3n) is 4.66. The number of carbonyl (C=O) groups excluding carboxylic acids is 3. The summed E-state index contributed by atoms with van der Waals surface area (Å²) in [6.07, 6.45) is -3.44. The molecule has 0 atom stereocenters. The van der Waals surface area contributed by atoms with Crippen LogP contribution in [0.1, 0.15) is 69.6 Å². The quantitative estimate of drug-likeness (QED) is 0.456. The number of ketones is 1. The maximum absolute atomic E-state index is 13.2. The molecule has 0 bridgehead atoms. The predicted molar refractivity (Wildman–Crippen MR) is 108 cm³/mol. The molecule has 2 aromatic rings. The number of hydrogen-bond donors (Lipinski definition) is 1. The van der Waals surface area contributed by atoms with Gasteiger partial charge in [-0.05, 0) is 39.2 Å². The van der Waals surface area contributed by atoms with Crippen molar-refractivity contribution in [3.8, 4) is 0 Å². The van der Waals surface area contributed by atoms with Crippen LogP contribution in [0, 0.1) is 6.92 Å². The largest absolute Gasteiger partial charge is 0.462 e. The van der Waals surface area contributed by atoms with Crippen LogP contribution in [-0.2, 0) is 22.3 Å². The lowest BCUT2D eigenvalue weighted by atomic mass is 10.1. The average Bonchev–Trinajstić information content (AvgIpc) is 3.34. The number of ether oxygens (including phenoxy) is 1. The van der Waals surface area contributed by atoms with Crippen molar-refractivity contribution >= 4 is 45.6 Å². The Morgan fingerprint density at radius 3 is 2.48 bits per heavy atom. The molecule has 1 amide bonds. The molecule has 0 radical (unpaired) electrons. The maximum Gasteiger partial charge on any atom is 0.436 e. The van der Waals surface area contributed by atoms with E-state index in [0.717, 1.165) is 16.0 Å². The number of thiophene rings is 1. The highest BCUT2D eigenvalue weighted by Gasteiger charge is 2.42. The summed E-state index contributed by atoms with van der Waals surface area (Å²) in [6, 6.07) is 0. The van der Waals surface area contributed by atoms with E-state index >= 15 is 0 Å². The molecule has 0 unspecified atom stereocenters. The monoisotopic (exact) mass is 477 g/mol. The summed E-state index contributed by atoms with van der Waals surface area (Å²) in [6.45, 7) is 4.06. The molecule has 2 aromatic heterocycles. The lowest BCUT2D eigenvalue weighted by molar-refractivity contribution is -0.141. The van der Waals surface area contributed by atoms with E-state index < -0.39 is 35.3 Å². The number of anilines is 1. The Hall–Kier alpha value is -2.40. The van der Waals surface area contributed by atoms with Crippen molar-refractivity contribution in [2.24, 2.45) is 0 Å². The van der Waals surface area contributed by atoms with Crippen LogP contribution in [0.15, 0.2) is 0 Å². The molecule has 0 aromatic carbocycles. The first-order valence-electron chi connectivity index (χ1n) is 9.40. The minimum atomic E-state index is -4.75. The summed E-state index contributed by atoms with van der Waals surface area (Å²) in [7, 11) is 0. The first-order chi connectivity index (χ1) is 14.5. The van der Waals surface area contributed by atoms with Gasteiger partial charge in [0.15, 0.2) is 11.5 Å². The lowest BCUT2D eigenvalue weighted by Crippen LogP contribution is -2.22. The zero-order chi connectivity index (χ0) is 23.1. The third kappa shape index (κ3) is 4.77. The predicted octanol–water partition coefficient (Wildman–Crippen LogP) is 4.82.